The number of aromatic nitrogens is 2. The summed E-state index contributed by atoms with van der Waals surface area (Å²) in [7, 11) is -3.73. The Labute approximate surface area is 103 Å². The molecule has 18 heavy (non-hydrogen) atoms. The first-order valence-corrected chi connectivity index (χ1v) is 6.34. The molecule has 0 unspecified atom stereocenters. The van der Waals surface area contributed by atoms with E-state index < -0.39 is 16.0 Å². The van der Waals surface area contributed by atoms with Gasteiger partial charge in [-0.2, -0.15) is 5.10 Å². The predicted octanol–water partition coefficient (Wildman–Crippen LogP) is 0.218. The van der Waals surface area contributed by atoms with Crippen molar-refractivity contribution in [2.75, 3.05) is 0 Å². The molecule has 8 heteroatoms. The summed E-state index contributed by atoms with van der Waals surface area (Å²) in [5.74, 6) is -1.08. The molecule has 0 saturated carbocycles. The first-order chi connectivity index (χ1) is 8.38. The predicted molar refractivity (Wildman–Crippen MR) is 61.9 cm³/mol. The number of nitrogens with two attached hydrogens (primary N) is 1. The average molecular weight is 267 g/mol. The van der Waals surface area contributed by atoms with Gasteiger partial charge in [0.1, 0.15) is 0 Å². The van der Waals surface area contributed by atoms with E-state index in [1.807, 2.05) is 0 Å². The van der Waals surface area contributed by atoms with Gasteiger partial charge in [0.25, 0.3) is 0 Å². The lowest BCUT2D eigenvalue weighted by Crippen LogP contribution is -2.12. The third-order valence-corrected chi connectivity index (χ3v) is 3.19. The summed E-state index contributed by atoms with van der Waals surface area (Å²) >= 11 is 0. The third-order valence-electron chi connectivity index (χ3n) is 2.26. The van der Waals surface area contributed by atoms with Crippen molar-refractivity contribution >= 4 is 16.0 Å². The van der Waals surface area contributed by atoms with Crippen LogP contribution in [0.5, 0.6) is 0 Å². The molecule has 0 radical (unpaired) electrons. The molecule has 1 aromatic heterocycles. The van der Waals surface area contributed by atoms with Crippen LogP contribution in [-0.2, 0) is 10.0 Å². The molecule has 1 heterocycles. The molecule has 0 aliphatic heterocycles. The highest BCUT2D eigenvalue weighted by molar-refractivity contribution is 7.89. The summed E-state index contributed by atoms with van der Waals surface area (Å²) in [6.45, 7) is 0. The van der Waals surface area contributed by atoms with Crippen LogP contribution in [0.1, 0.15) is 10.4 Å². The topological polar surface area (TPSA) is 115 Å². The zero-order chi connectivity index (χ0) is 13.3. The maximum absolute atomic E-state index is 11.1. The second-order valence-electron chi connectivity index (χ2n) is 3.52. The minimum Gasteiger partial charge on any atom is -0.478 e. The normalized spacial score (nSPS) is 11.4. The first kappa shape index (κ1) is 12.3. The second kappa shape index (κ2) is 4.24. The Kier molecular flexibility index (Phi) is 2.89. The van der Waals surface area contributed by atoms with E-state index in [1.54, 1.807) is 0 Å². The minimum absolute atomic E-state index is 0.0168. The summed E-state index contributed by atoms with van der Waals surface area (Å²) in [5, 5.41) is 17.6. The van der Waals surface area contributed by atoms with Crippen LogP contribution in [0, 0.1) is 0 Å². The van der Waals surface area contributed by atoms with Crippen LogP contribution in [0.3, 0.4) is 0 Å². The van der Waals surface area contributed by atoms with E-state index in [2.05, 4.69) is 5.10 Å². The highest BCUT2D eigenvalue weighted by atomic mass is 32.2. The average Bonchev–Trinajstić information content (AvgIpc) is 2.77. The Morgan fingerprint density at radius 3 is 2.33 bits per heavy atom. The molecule has 1 aromatic carbocycles. The maximum atomic E-state index is 11.1. The van der Waals surface area contributed by atoms with Crippen molar-refractivity contribution in [2.24, 2.45) is 5.14 Å². The number of sulfonamides is 1. The largest absolute Gasteiger partial charge is 0.478 e. The zero-order valence-corrected chi connectivity index (χ0v) is 9.83. The molecule has 0 amide bonds. The number of rotatable bonds is 3. The number of nitrogens with zero attached hydrogens (tertiary/aromatic N) is 2. The van der Waals surface area contributed by atoms with Gasteiger partial charge >= 0.3 is 5.97 Å². The molecule has 2 rings (SSSR count). The van der Waals surface area contributed by atoms with Crippen LogP contribution in [0.25, 0.3) is 5.69 Å². The molecule has 0 spiro atoms. The van der Waals surface area contributed by atoms with Gasteiger partial charge in [-0.1, -0.05) is 0 Å². The van der Waals surface area contributed by atoms with E-state index in [4.69, 9.17) is 10.2 Å². The van der Waals surface area contributed by atoms with Crippen LogP contribution in [-0.4, -0.2) is 29.3 Å². The van der Waals surface area contributed by atoms with Crippen LogP contribution in [0.15, 0.2) is 41.6 Å². The number of primary sulfonamides is 1. The lowest BCUT2D eigenvalue weighted by molar-refractivity contribution is 0.0697. The smallest absolute Gasteiger partial charge is 0.338 e. The quantitative estimate of drug-likeness (QED) is 0.825. The van der Waals surface area contributed by atoms with Gasteiger partial charge in [0.2, 0.25) is 10.0 Å². The number of hydrogen-bond acceptors (Lipinski definition) is 4. The van der Waals surface area contributed by atoms with Gasteiger partial charge in [0, 0.05) is 6.20 Å². The number of carbonyl (C=O) groups is 1. The third kappa shape index (κ3) is 2.39. The molecule has 0 fully saturated rings. The van der Waals surface area contributed by atoms with Crippen LogP contribution >= 0.6 is 0 Å². The van der Waals surface area contributed by atoms with Crippen LogP contribution < -0.4 is 5.14 Å². The van der Waals surface area contributed by atoms with Gasteiger partial charge in [-0.15, -0.1) is 0 Å². The van der Waals surface area contributed by atoms with E-state index in [0.29, 0.717) is 5.69 Å². The molecule has 0 atom stereocenters. The molecule has 0 aliphatic carbocycles. The maximum Gasteiger partial charge on any atom is 0.338 e. The van der Waals surface area contributed by atoms with E-state index in [-0.39, 0.29) is 10.5 Å². The standard InChI is InChI=1S/C10H9N3O4S/c11-18(16,17)9-3-1-8(2-4-9)13-6-7(5-12-13)10(14)15/h1-6H,(H,14,15)(H2,11,16,17). The van der Waals surface area contributed by atoms with Crippen molar-refractivity contribution in [1.82, 2.24) is 9.78 Å². The van der Waals surface area contributed by atoms with Gasteiger partial charge in [-0.25, -0.2) is 23.0 Å². The first-order valence-electron chi connectivity index (χ1n) is 4.79. The highest BCUT2D eigenvalue weighted by Gasteiger charge is 2.09. The van der Waals surface area contributed by atoms with E-state index in [0.717, 1.165) is 0 Å². The number of carboxylic acid groups (broad SMARTS) is 1. The molecule has 0 saturated heterocycles. The molecule has 0 aliphatic rings. The Bertz CT molecular complexity index is 688. The van der Waals surface area contributed by atoms with Gasteiger partial charge in [-0.3, -0.25) is 0 Å². The second-order valence-corrected chi connectivity index (χ2v) is 5.08. The fraction of sp³-hybridized carbons (Fsp3) is 0. The molecular weight excluding hydrogens is 258 g/mol. The van der Waals surface area contributed by atoms with Gasteiger partial charge in [0.05, 0.1) is 22.3 Å². The zero-order valence-electron chi connectivity index (χ0n) is 9.02. The molecule has 3 N–H and O–H groups in total. The van der Waals surface area contributed by atoms with Crippen LogP contribution in [0.4, 0.5) is 0 Å². The number of benzene rings is 1. The molecule has 7 nitrogen and oxygen atoms in total. The Balaban J connectivity index is 2.37. The SMILES string of the molecule is NS(=O)(=O)c1ccc(-n2cc(C(=O)O)cn2)cc1. The van der Waals surface area contributed by atoms with Gasteiger partial charge < -0.3 is 5.11 Å². The van der Waals surface area contributed by atoms with Gasteiger partial charge in [0.15, 0.2) is 0 Å². The van der Waals surface area contributed by atoms with Crippen molar-refractivity contribution in [1.29, 1.82) is 0 Å². The summed E-state index contributed by atoms with van der Waals surface area (Å²) in [6.07, 6.45) is 2.53. The summed E-state index contributed by atoms with van der Waals surface area (Å²) in [5.41, 5.74) is 0.584. The van der Waals surface area contributed by atoms with Gasteiger partial charge in [-0.05, 0) is 24.3 Å². The summed E-state index contributed by atoms with van der Waals surface area (Å²) < 4.78 is 23.4. The lowest BCUT2D eigenvalue weighted by atomic mass is 10.3. The Morgan fingerprint density at radius 2 is 1.89 bits per heavy atom. The molecular formula is C10H9N3O4S. The van der Waals surface area contributed by atoms with Crippen molar-refractivity contribution < 1.29 is 18.3 Å². The van der Waals surface area contributed by atoms with E-state index >= 15 is 0 Å². The fourth-order valence-electron chi connectivity index (χ4n) is 1.36. The van der Waals surface area contributed by atoms with Crippen molar-refractivity contribution in [3.8, 4) is 5.69 Å². The van der Waals surface area contributed by atoms with Crippen LogP contribution in [0.2, 0.25) is 0 Å². The van der Waals surface area contributed by atoms with Crippen molar-refractivity contribution in [3.05, 3.63) is 42.2 Å². The lowest BCUT2D eigenvalue weighted by Gasteiger charge is -2.02. The highest BCUT2D eigenvalue weighted by Crippen LogP contribution is 2.12. The Hall–Kier alpha value is -2.19. The Morgan fingerprint density at radius 1 is 1.28 bits per heavy atom. The van der Waals surface area contributed by atoms with Crippen molar-refractivity contribution in [2.45, 2.75) is 4.90 Å². The number of hydrogen-bond donors (Lipinski definition) is 2. The fourth-order valence-corrected chi connectivity index (χ4v) is 1.88. The van der Waals surface area contributed by atoms with E-state index in [9.17, 15) is 13.2 Å². The summed E-state index contributed by atoms with van der Waals surface area (Å²) in [6, 6.07) is 5.62. The van der Waals surface area contributed by atoms with Crippen molar-refractivity contribution in [3.63, 3.8) is 0 Å². The molecule has 2 aromatic rings. The number of carboxylic acids is 1. The molecule has 0 bridgehead atoms. The molecule has 94 valence electrons. The monoisotopic (exact) mass is 267 g/mol. The van der Waals surface area contributed by atoms with E-state index in [1.165, 1.54) is 41.3 Å². The minimum atomic E-state index is -3.73. The number of aromatic carboxylic acids is 1. The summed E-state index contributed by atoms with van der Waals surface area (Å²) in [4.78, 5) is 10.7.